The van der Waals surface area contributed by atoms with Gasteiger partial charge in [0.15, 0.2) is 0 Å². The molecule has 0 unspecified atom stereocenters. The smallest absolute Gasteiger partial charge is 1.00 e. The van der Waals surface area contributed by atoms with E-state index in [0.29, 0.717) is 0 Å². The van der Waals surface area contributed by atoms with Crippen molar-refractivity contribution in [3.8, 4) is 0 Å². The summed E-state index contributed by atoms with van der Waals surface area (Å²) in [6, 6.07) is 13.3. The first kappa shape index (κ1) is 33.3. The molecule has 0 aromatic heterocycles. The van der Waals surface area contributed by atoms with E-state index in [4.69, 9.17) is 0 Å². The molecule has 3 nitrogen and oxygen atoms in total. The molecule has 0 heterocycles. The molecular formula is C26H41Cl2CoN3. The Bertz CT molecular complexity index is 635. The maximum absolute atomic E-state index is 3.68. The molecule has 0 aliphatic rings. The molecule has 1 radical (unpaired) electrons. The Kier molecular flexibility index (Phi) is 20.3. The van der Waals surface area contributed by atoms with Gasteiger partial charge in [-0.1, -0.05) is 64.1 Å². The molecule has 3 N–H and O–H groups in total. The van der Waals surface area contributed by atoms with E-state index in [1.165, 1.54) is 33.6 Å². The molecule has 0 bridgehead atoms. The van der Waals surface area contributed by atoms with Gasteiger partial charge in [-0.2, -0.15) is 0 Å². The number of nitrogens with one attached hydrogen (secondary N) is 3. The molecule has 0 amide bonds. The summed E-state index contributed by atoms with van der Waals surface area (Å²) in [7, 11) is 0. The molecule has 6 heteroatoms. The van der Waals surface area contributed by atoms with E-state index >= 15 is 0 Å². The van der Waals surface area contributed by atoms with E-state index in [0.717, 1.165) is 64.7 Å². The van der Waals surface area contributed by atoms with Crippen molar-refractivity contribution in [2.24, 2.45) is 0 Å². The topological polar surface area (TPSA) is 36.1 Å². The van der Waals surface area contributed by atoms with Crippen molar-refractivity contribution >= 4 is 11.4 Å². The van der Waals surface area contributed by atoms with Crippen molar-refractivity contribution in [3.63, 3.8) is 0 Å². The monoisotopic (exact) mass is 524 g/mol. The van der Waals surface area contributed by atoms with Crippen LogP contribution >= 0.6 is 0 Å². The Morgan fingerprint density at radius 2 is 0.844 bits per heavy atom. The van der Waals surface area contributed by atoms with Gasteiger partial charge in [0.25, 0.3) is 0 Å². The van der Waals surface area contributed by atoms with Crippen LogP contribution in [0.2, 0.25) is 0 Å². The molecule has 32 heavy (non-hydrogen) atoms. The van der Waals surface area contributed by atoms with Gasteiger partial charge >= 0.3 is 16.8 Å². The summed E-state index contributed by atoms with van der Waals surface area (Å²) < 4.78 is 0. The molecule has 2 aromatic rings. The summed E-state index contributed by atoms with van der Waals surface area (Å²) in [5, 5.41) is 11.0. The fraction of sp³-hybridized carbons (Fsp3) is 0.538. The maximum Gasteiger partial charge on any atom is 2.00 e. The van der Waals surface area contributed by atoms with E-state index in [1.807, 2.05) is 0 Å². The van der Waals surface area contributed by atoms with Gasteiger partial charge in [-0.3, -0.25) is 0 Å². The summed E-state index contributed by atoms with van der Waals surface area (Å²) in [4.78, 5) is 0. The van der Waals surface area contributed by atoms with Crippen molar-refractivity contribution in [2.45, 2.75) is 66.2 Å². The van der Waals surface area contributed by atoms with Gasteiger partial charge in [0.1, 0.15) is 0 Å². The number of hydrogen-bond acceptors (Lipinski definition) is 3. The third-order valence-corrected chi connectivity index (χ3v) is 5.66. The summed E-state index contributed by atoms with van der Waals surface area (Å²) in [5.74, 6) is 0. The van der Waals surface area contributed by atoms with Gasteiger partial charge < -0.3 is 40.8 Å². The number of hydrogen-bond donors (Lipinski definition) is 3. The molecule has 0 aliphatic carbocycles. The van der Waals surface area contributed by atoms with Crippen molar-refractivity contribution in [3.05, 3.63) is 58.7 Å². The fourth-order valence-corrected chi connectivity index (χ4v) is 3.92. The minimum Gasteiger partial charge on any atom is -1.00 e. The number of para-hydroxylation sites is 2. The molecule has 0 fully saturated rings. The van der Waals surface area contributed by atoms with E-state index in [9.17, 15) is 0 Å². The Hall–Kier alpha value is -0.914. The standard InChI is InChI=1S/C26H41N3.2ClH.Co/c1-5-21-13-9-14-22(6-2)25(21)28-19-11-17-27-18-12-20-29-26-23(7-3)15-10-16-24(26)8-4;;;/h9-10,13-16,27-29H,5-8,11-12,17-20H2,1-4H3;2*1H;/q;;;+2/p-2. The number of anilines is 2. The van der Waals surface area contributed by atoms with Crippen LogP contribution in [0.25, 0.3) is 0 Å². The first-order valence-corrected chi connectivity index (χ1v) is 11.6. The van der Waals surface area contributed by atoms with Gasteiger partial charge in [-0.15, -0.1) is 0 Å². The van der Waals surface area contributed by atoms with Gasteiger partial charge in [-0.05, 0) is 73.9 Å². The van der Waals surface area contributed by atoms with Gasteiger partial charge in [-0.25, -0.2) is 0 Å². The van der Waals surface area contributed by atoms with Crippen LogP contribution in [-0.4, -0.2) is 26.2 Å². The Morgan fingerprint density at radius 3 is 1.12 bits per heavy atom. The zero-order valence-electron chi connectivity index (χ0n) is 20.1. The van der Waals surface area contributed by atoms with Crippen molar-refractivity contribution in [2.75, 3.05) is 36.8 Å². The van der Waals surface area contributed by atoms with Crippen LogP contribution < -0.4 is 40.8 Å². The van der Waals surface area contributed by atoms with E-state index < -0.39 is 0 Å². The zero-order valence-corrected chi connectivity index (χ0v) is 22.7. The van der Waals surface area contributed by atoms with Crippen LogP contribution in [-0.2, 0) is 42.5 Å². The van der Waals surface area contributed by atoms with Crippen LogP contribution in [0.3, 0.4) is 0 Å². The largest absolute Gasteiger partial charge is 2.00 e. The summed E-state index contributed by atoms with van der Waals surface area (Å²) in [5.41, 5.74) is 8.46. The van der Waals surface area contributed by atoms with Crippen molar-refractivity contribution in [1.29, 1.82) is 0 Å². The second-order valence-electron chi connectivity index (χ2n) is 7.63. The minimum atomic E-state index is 0. The number of halogens is 2. The van der Waals surface area contributed by atoms with Crippen molar-refractivity contribution in [1.82, 2.24) is 5.32 Å². The number of rotatable bonds is 14. The Balaban J connectivity index is 0. The Labute approximate surface area is 219 Å². The first-order valence-electron chi connectivity index (χ1n) is 11.6. The van der Waals surface area contributed by atoms with Crippen LogP contribution in [0.4, 0.5) is 11.4 Å². The zero-order chi connectivity index (χ0) is 20.9. The minimum absolute atomic E-state index is 0. The van der Waals surface area contributed by atoms with E-state index in [1.54, 1.807) is 0 Å². The van der Waals surface area contributed by atoms with Crippen LogP contribution in [0.15, 0.2) is 36.4 Å². The quantitative estimate of drug-likeness (QED) is 0.300. The summed E-state index contributed by atoms with van der Waals surface area (Å²) in [6.07, 6.45) is 6.63. The van der Waals surface area contributed by atoms with Gasteiger partial charge in [0.05, 0.1) is 0 Å². The maximum atomic E-state index is 3.68. The third-order valence-electron chi connectivity index (χ3n) is 5.66. The first-order chi connectivity index (χ1) is 14.2. The summed E-state index contributed by atoms with van der Waals surface area (Å²) >= 11 is 0. The van der Waals surface area contributed by atoms with Crippen LogP contribution in [0.1, 0.15) is 62.8 Å². The molecule has 0 spiro atoms. The van der Waals surface area contributed by atoms with E-state index in [2.05, 4.69) is 80.0 Å². The molecule has 2 rings (SSSR count). The van der Waals surface area contributed by atoms with E-state index in [-0.39, 0.29) is 41.6 Å². The second kappa shape index (κ2) is 19.5. The predicted molar refractivity (Wildman–Crippen MR) is 129 cm³/mol. The molecule has 183 valence electrons. The number of aryl methyl sites for hydroxylation is 4. The van der Waals surface area contributed by atoms with Crippen LogP contribution in [0, 0.1) is 0 Å². The summed E-state index contributed by atoms with van der Waals surface area (Å²) in [6.45, 7) is 13.1. The van der Waals surface area contributed by atoms with Gasteiger partial charge in [0, 0.05) is 24.5 Å². The normalized spacial score (nSPS) is 9.88. The molecular weight excluding hydrogens is 484 g/mol. The Morgan fingerprint density at radius 1 is 0.531 bits per heavy atom. The second-order valence-corrected chi connectivity index (χ2v) is 7.63. The van der Waals surface area contributed by atoms with Crippen LogP contribution in [0.5, 0.6) is 0 Å². The molecule has 0 saturated heterocycles. The molecule has 0 saturated carbocycles. The number of benzene rings is 2. The predicted octanol–water partition coefficient (Wildman–Crippen LogP) is -0.164. The van der Waals surface area contributed by atoms with Gasteiger partial charge in [0.2, 0.25) is 0 Å². The molecule has 0 atom stereocenters. The molecule has 0 aliphatic heterocycles. The average Bonchev–Trinajstić information content (AvgIpc) is 2.77. The fourth-order valence-electron chi connectivity index (χ4n) is 3.92. The van der Waals surface area contributed by atoms with Crippen molar-refractivity contribution < 1.29 is 41.6 Å². The SMILES string of the molecule is CCc1cccc(CC)c1NCCCNCCCNc1c(CC)cccc1CC.[Cl-].[Cl-].[Co+2]. The average molecular weight is 525 g/mol. The molecule has 2 aromatic carbocycles. The third kappa shape index (κ3) is 10.3.